The Morgan fingerprint density at radius 2 is 2.17 bits per heavy atom. The molecule has 0 amide bonds. The molecular weight excluding hydrogens is 174 g/mol. The fourth-order valence-corrected chi connectivity index (χ4v) is 0.788. The molecular formula is C8H10ClN3. The molecule has 4 heteroatoms. The predicted octanol–water partition coefficient (Wildman–Crippen LogP) is 1.36. The Balaban J connectivity index is 2.58. The van der Waals surface area contributed by atoms with E-state index in [1.54, 1.807) is 12.4 Å². The monoisotopic (exact) mass is 183 g/mol. The lowest BCUT2D eigenvalue weighted by Gasteiger charge is -1.91. The lowest BCUT2D eigenvalue weighted by Crippen LogP contribution is -2.03. The van der Waals surface area contributed by atoms with Gasteiger partial charge in [-0.1, -0.05) is 17.7 Å². The zero-order chi connectivity index (χ0) is 8.81. The van der Waals surface area contributed by atoms with Crippen molar-refractivity contribution in [3.8, 4) is 0 Å². The van der Waals surface area contributed by atoms with Crippen molar-refractivity contribution in [1.29, 1.82) is 0 Å². The molecule has 3 nitrogen and oxygen atoms in total. The molecule has 0 radical (unpaired) electrons. The van der Waals surface area contributed by atoms with Crippen LogP contribution in [0.3, 0.4) is 0 Å². The first-order valence-electron chi connectivity index (χ1n) is 3.61. The van der Waals surface area contributed by atoms with E-state index in [0.29, 0.717) is 10.8 Å². The third-order valence-electron chi connectivity index (χ3n) is 1.23. The number of likely N-dealkylation sites (N-methyl/N-ethyl adjacent to an activating group) is 1. The van der Waals surface area contributed by atoms with Gasteiger partial charge in [0.25, 0.3) is 0 Å². The highest BCUT2D eigenvalue weighted by molar-refractivity contribution is 6.30. The zero-order valence-electron chi connectivity index (χ0n) is 6.79. The van der Waals surface area contributed by atoms with Crippen molar-refractivity contribution in [3.63, 3.8) is 0 Å². The average molecular weight is 184 g/mol. The molecule has 0 atom stereocenters. The maximum Gasteiger partial charge on any atom is 0.151 e. The van der Waals surface area contributed by atoms with E-state index < -0.39 is 0 Å². The molecule has 1 rings (SSSR count). The van der Waals surface area contributed by atoms with Crippen molar-refractivity contribution < 1.29 is 0 Å². The summed E-state index contributed by atoms with van der Waals surface area (Å²) < 4.78 is 0. The van der Waals surface area contributed by atoms with Gasteiger partial charge in [0.1, 0.15) is 0 Å². The molecule has 1 aromatic heterocycles. The lowest BCUT2D eigenvalue weighted by molar-refractivity contribution is 0.921. The van der Waals surface area contributed by atoms with Crippen molar-refractivity contribution in [3.05, 3.63) is 29.3 Å². The van der Waals surface area contributed by atoms with Crippen molar-refractivity contribution in [2.75, 3.05) is 13.6 Å². The fraction of sp³-hybridized carbons (Fsp3) is 0.250. The van der Waals surface area contributed by atoms with Crippen LogP contribution in [-0.4, -0.2) is 23.6 Å². The highest BCUT2D eigenvalue weighted by Crippen LogP contribution is 2.03. The van der Waals surface area contributed by atoms with Crippen LogP contribution in [0.1, 0.15) is 5.82 Å². The van der Waals surface area contributed by atoms with Gasteiger partial charge in [0.15, 0.2) is 5.82 Å². The Kier molecular flexibility index (Phi) is 3.70. The molecule has 0 aliphatic heterocycles. The van der Waals surface area contributed by atoms with Gasteiger partial charge in [-0.25, -0.2) is 9.97 Å². The van der Waals surface area contributed by atoms with Gasteiger partial charge in [-0.3, -0.25) is 0 Å². The van der Waals surface area contributed by atoms with Crippen LogP contribution in [0.4, 0.5) is 0 Å². The smallest absolute Gasteiger partial charge is 0.151 e. The average Bonchev–Trinajstić information content (AvgIpc) is 2.09. The Bertz CT molecular complexity index is 256. The molecule has 0 saturated heterocycles. The van der Waals surface area contributed by atoms with Crippen molar-refractivity contribution in [2.45, 2.75) is 0 Å². The predicted molar refractivity (Wildman–Crippen MR) is 50.0 cm³/mol. The summed E-state index contributed by atoms with van der Waals surface area (Å²) in [5, 5.41) is 3.54. The summed E-state index contributed by atoms with van der Waals surface area (Å²) in [4.78, 5) is 7.98. The molecule has 0 aliphatic rings. The van der Waals surface area contributed by atoms with E-state index in [9.17, 15) is 0 Å². The van der Waals surface area contributed by atoms with E-state index in [2.05, 4.69) is 15.3 Å². The summed E-state index contributed by atoms with van der Waals surface area (Å²) >= 11 is 5.61. The van der Waals surface area contributed by atoms with Crippen molar-refractivity contribution in [2.24, 2.45) is 0 Å². The van der Waals surface area contributed by atoms with E-state index >= 15 is 0 Å². The summed E-state index contributed by atoms with van der Waals surface area (Å²) in [5.41, 5.74) is 0. The topological polar surface area (TPSA) is 37.8 Å². The molecule has 0 saturated carbocycles. The van der Waals surface area contributed by atoms with E-state index in [1.807, 2.05) is 19.2 Å². The fourth-order valence-electron chi connectivity index (χ4n) is 0.691. The van der Waals surface area contributed by atoms with Gasteiger partial charge in [-0.15, -0.1) is 0 Å². The van der Waals surface area contributed by atoms with Gasteiger partial charge in [0.2, 0.25) is 0 Å². The number of nitrogens with one attached hydrogen (secondary N) is 1. The molecule has 1 heterocycles. The van der Waals surface area contributed by atoms with Gasteiger partial charge in [-0.2, -0.15) is 0 Å². The minimum Gasteiger partial charge on any atom is -0.316 e. The van der Waals surface area contributed by atoms with Crippen LogP contribution in [0.2, 0.25) is 5.02 Å². The van der Waals surface area contributed by atoms with Gasteiger partial charge in [0, 0.05) is 18.9 Å². The van der Waals surface area contributed by atoms with Crippen LogP contribution in [0.25, 0.3) is 6.08 Å². The van der Waals surface area contributed by atoms with E-state index in [4.69, 9.17) is 11.6 Å². The lowest BCUT2D eigenvalue weighted by atomic mass is 10.4. The molecule has 0 fully saturated rings. The second-order valence-electron chi connectivity index (χ2n) is 2.22. The van der Waals surface area contributed by atoms with E-state index in [-0.39, 0.29) is 0 Å². The maximum atomic E-state index is 5.61. The summed E-state index contributed by atoms with van der Waals surface area (Å²) in [6.45, 7) is 0.811. The molecule has 1 N–H and O–H groups in total. The number of rotatable bonds is 3. The molecule has 64 valence electrons. The van der Waals surface area contributed by atoms with Crippen LogP contribution in [0.5, 0.6) is 0 Å². The second-order valence-corrected chi connectivity index (χ2v) is 2.66. The van der Waals surface area contributed by atoms with Crippen LogP contribution in [0.15, 0.2) is 18.5 Å². The zero-order valence-corrected chi connectivity index (χ0v) is 7.54. The maximum absolute atomic E-state index is 5.61. The number of hydrogen-bond donors (Lipinski definition) is 1. The Morgan fingerprint density at radius 3 is 2.75 bits per heavy atom. The Morgan fingerprint density at radius 1 is 1.50 bits per heavy atom. The summed E-state index contributed by atoms with van der Waals surface area (Å²) in [7, 11) is 1.88. The number of hydrogen-bond acceptors (Lipinski definition) is 3. The van der Waals surface area contributed by atoms with Crippen LogP contribution in [-0.2, 0) is 0 Å². The minimum absolute atomic E-state index is 0.556. The minimum atomic E-state index is 0.556. The van der Waals surface area contributed by atoms with E-state index in [0.717, 1.165) is 6.54 Å². The molecule has 12 heavy (non-hydrogen) atoms. The van der Waals surface area contributed by atoms with Gasteiger partial charge in [0.05, 0.1) is 5.02 Å². The SMILES string of the molecule is CNCC=Cc1ncc(Cl)cn1. The first kappa shape index (κ1) is 9.16. The van der Waals surface area contributed by atoms with Crippen molar-refractivity contribution >= 4 is 17.7 Å². The van der Waals surface area contributed by atoms with Gasteiger partial charge >= 0.3 is 0 Å². The highest BCUT2D eigenvalue weighted by atomic mass is 35.5. The summed E-state index contributed by atoms with van der Waals surface area (Å²) in [5.74, 6) is 0.676. The Labute approximate surface area is 76.5 Å². The molecule has 0 spiro atoms. The largest absolute Gasteiger partial charge is 0.316 e. The van der Waals surface area contributed by atoms with Crippen LogP contribution < -0.4 is 5.32 Å². The van der Waals surface area contributed by atoms with Gasteiger partial charge < -0.3 is 5.32 Å². The molecule has 0 bridgehead atoms. The first-order chi connectivity index (χ1) is 5.83. The number of nitrogens with zero attached hydrogens (tertiary/aromatic N) is 2. The number of aromatic nitrogens is 2. The molecule has 0 aromatic carbocycles. The normalized spacial score (nSPS) is 10.8. The molecule has 0 unspecified atom stereocenters. The third kappa shape index (κ3) is 2.98. The third-order valence-corrected chi connectivity index (χ3v) is 1.42. The molecule has 0 aliphatic carbocycles. The summed E-state index contributed by atoms with van der Waals surface area (Å²) in [6.07, 6.45) is 6.94. The standard InChI is InChI=1S/C8H10ClN3/c1-10-4-2-3-8-11-5-7(9)6-12-8/h2-3,5-6,10H,4H2,1H3. The summed E-state index contributed by atoms with van der Waals surface area (Å²) in [6, 6.07) is 0. The van der Waals surface area contributed by atoms with Crippen molar-refractivity contribution in [1.82, 2.24) is 15.3 Å². The van der Waals surface area contributed by atoms with Crippen LogP contribution in [0, 0.1) is 0 Å². The van der Waals surface area contributed by atoms with Crippen LogP contribution >= 0.6 is 11.6 Å². The number of halogens is 1. The quantitative estimate of drug-likeness (QED) is 0.769. The first-order valence-corrected chi connectivity index (χ1v) is 3.99. The molecule has 1 aromatic rings. The van der Waals surface area contributed by atoms with Gasteiger partial charge in [-0.05, 0) is 13.1 Å². The Hall–Kier alpha value is -0.930. The van der Waals surface area contributed by atoms with E-state index in [1.165, 1.54) is 0 Å². The second kappa shape index (κ2) is 4.85. The highest BCUT2D eigenvalue weighted by Gasteiger charge is 1.89.